The fourth-order valence-corrected chi connectivity index (χ4v) is 1.79. The molecule has 0 saturated heterocycles. The van der Waals surface area contributed by atoms with Crippen LogP contribution in [0.5, 0.6) is 5.75 Å². The number of nitrogens with one attached hydrogen (secondary N) is 1. The first-order chi connectivity index (χ1) is 11.1. The lowest BCUT2D eigenvalue weighted by Gasteiger charge is -2.13. The lowest BCUT2D eigenvalue weighted by Crippen LogP contribution is -2.16. The van der Waals surface area contributed by atoms with E-state index in [0.29, 0.717) is 17.2 Å². The highest BCUT2D eigenvalue weighted by Crippen LogP contribution is 2.17. The van der Waals surface area contributed by atoms with Crippen LogP contribution in [0.25, 0.3) is 0 Å². The van der Waals surface area contributed by atoms with Crippen LogP contribution in [0.1, 0.15) is 32.4 Å². The van der Waals surface area contributed by atoms with Crippen LogP contribution in [-0.4, -0.2) is 24.9 Å². The predicted octanol–water partition coefficient (Wildman–Crippen LogP) is 2.73. The molecule has 0 spiro atoms. The van der Waals surface area contributed by atoms with Crippen LogP contribution in [0, 0.1) is 0 Å². The van der Waals surface area contributed by atoms with Crippen LogP contribution in [0.3, 0.4) is 0 Å². The fraction of sp³-hybridized carbons (Fsp3) is 0.412. The van der Waals surface area contributed by atoms with Gasteiger partial charge in [-0.2, -0.15) is 0 Å². The van der Waals surface area contributed by atoms with Gasteiger partial charge in [0.1, 0.15) is 23.9 Å². The Morgan fingerprint density at radius 3 is 2.96 bits per heavy atom. The van der Waals surface area contributed by atoms with Gasteiger partial charge >= 0.3 is 0 Å². The van der Waals surface area contributed by atoms with Crippen molar-refractivity contribution in [3.63, 3.8) is 0 Å². The molecule has 1 rings (SSSR count). The third kappa shape index (κ3) is 6.86. The molecule has 0 amide bonds. The molecular weight excluding hydrogens is 292 g/mol. The molecule has 0 aliphatic rings. The molecule has 0 fully saturated rings. The van der Waals surface area contributed by atoms with Gasteiger partial charge in [0.15, 0.2) is 5.76 Å². The molecule has 3 N–H and O–H groups in total. The summed E-state index contributed by atoms with van der Waals surface area (Å²) >= 11 is 0. The van der Waals surface area contributed by atoms with Gasteiger partial charge in [-0.25, -0.2) is 4.99 Å². The molecule has 0 radical (unpaired) electrons. The molecule has 0 saturated carbocycles. The number of nitrogens with two attached hydrogens (primary N) is 1. The Kier molecular flexibility index (Phi) is 8.28. The maximum absolute atomic E-state index is 5.84. The molecule has 1 aromatic heterocycles. The zero-order valence-electron chi connectivity index (χ0n) is 14.1. The number of aromatic nitrogens is 1. The smallest absolute Gasteiger partial charge is 0.156 e. The largest absolute Gasteiger partial charge is 0.495 e. The molecule has 23 heavy (non-hydrogen) atoms. The lowest BCUT2D eigenvalue weighted by atomic mass is 10.3. The topological polar surface area (TPSA) is 81.8 Å². The van der Waals surface area contributed by atoms with E-state index in [1.54, 1.807) is 19.5 Å². The number of hydrogen-bond acceptors (Lipinski definition) is 6. The molecule has 0 bridgehead atoms. The van der Waals surface area contributed by atoms with E-state index in [4.69, 9.17) is 15.2 Å². The highest BCUT2D eigenvalue weighted by molar-refractivity contribution is 5.77. The highest BCUT2D eigenvalue weighted by Gasteiger charge is 2.07. The molecule has 6 heteroatoms. The van der Waals surface area contributed by atoms with Gasteiger partial charge in [0, 0.05) is 12.7 Å². The second-order valence-electron chi connectivity index (χ2n) is 4.96. The fourth-order valence-electron chi connectivity index (χ4n) is 1.79. The molecule has 0 aromatic carbocycles. The van der Waals surface area contributed by atoms with Crippen LogP contribution >= 0.6 is 0 Å². The Balaban J connectivity index is 2.83. The molecular formula is C17H26N4O2. The first-order valence-electron chi connectivity index (χ1n) is 7.62. The summed E-state index contributed by atoms with van der Waals surface area (Å²) in [5.74, 6) is 1.51. The van der Waals surface area contributed by atoms with E-state index in [2.05, 4.69) is 28.8 Å². The number of unbranched alkanes of at least 4 members (excludes halogenated alkanes) is 1. The summed E-state index contributed by atoms with van der Waals surface area (Å²) in [5, 5.41) is 3.31. The number of pyridine rings is 1. The summed E-state index contributed by atoms with van der Waals surface area (Å²) in [6.07, 6.45) is 5.47. The van der Waals surface area contributed by atoms with Crippen molar-refractivity contribution in [2.45, 2.75) is 33.3 Å². The van der Waals surface area contributed by atoms with Gasteiger partial charge in [0.25, 0.3) is 0 Å². The number of allylic oxidation sites excluding steroid dienone is 2. The minimum absolute atomic E-state index is 0.225. The minimum atomic E-state index is 0.225. The Bertz CT molecular complexity index is 567. The van der Waals surface area contributed by atoms with E-state index in [-0.39, 0.29) is 12.4 Å². The SMILES string of the molecule is C=C(N)/N=C\C(OCc1ncccc1OC)=C(/C)NCCCC. The second-order valence-corrected chi connectivity index (χ2v) is 4.96. The summed E-state index contributed by atoms with van der Waals surface area (Å²) in [4.78, 5) is 8.28. The zero-order chi connectivity index (χ0) is 17.1. The summed E-state index contributed by atoms with van der Waals surface area (Å²) < 4.78 is 11.1. The third-order valence-corrected chi connectivity index (χ3v) is 3.07. The maximum Gasteiger partial charge on any atom is 0.156 e. The maximum atomic E-state index is 5.84. The Hall–Kier alpha value is -2.50. The molecule has 0 aliphatic carbocycles. The number of aliphatic imine (C=N–C) groups is 1. The van der Waals surface area contributed by atoms with Gasteiger partial charge in [0.05, 0.1) is 19.0 Å². The van der Waals surface area contributed by atoms with Gasteiger partial charge in [-0.3, -0.25) is 4.98 Å². The van der Waals surface area contributed by atoms with Crippen molar-refractivity contribution < 1.29 is 9.47 Å². The highest BCUT2D eigenvalue weighted by atomic mass is 16.5. The quantitative estimate of drug-likeness (QED) is 0.394. The molecule has 0 atom stereocenters. The van der Waals surface area contributed by atoms with E-state index in [1.807, 2.05) is 19.1 Å². The van der Waals surface area contributed by atoms with Crippen molar-refractivity contribution in [2.75, 3.05) is 13.7 Å². The van der Waals surface area contributed by atoms with Gasteiger partial charge in [-0.1, -0.05) is 19.9 Å². The Labute approximate surface area is 138 Å². The zero-order valence-corrected chi connectivity index (χ0v) is 14.1. The normalized spacial score (nSPS) is 12.0. The van der Waals surface area contributed by atoms with Crippen molar-refractivity contribution in [3.05, 3.63) is 47.9 Å². The monoisotopic (exact) mass is 318 g/mol. The van der Waals surface area contributed by atoms with Gasteiger partial charge < -0.3 is 20.5 Å². The summed E-state index contributed by atoms with van der Waals surface area (Å²) in [6, 6.07) is 3.66. The molecule has 0 aliphatic heterocycles. The summed E-state index contributed by atoms with van der Waals surface area (Å²) in [6.45, 7) is 8.78. The van der Waals surface area contributed by atoms with E-state index in [0.717, 1.165) is 25.1 Å². The molecule has 0 unspecified atom stereocenters. The van der Waals surface area contributed by atoms with Crippen LogP contribution in [0.4, 0.5) is 0 Å². The van der Waals surface area contributed by atoms with E-state index in [9.17, 15) is 0 Å². The van der Waals surface area contributed by atoms with Crippen LogP contribution in [0.15, 0.2) is 47.2 Å². The van der Waals surface area contributed by atoms with Crippen molar-refractivity contribution >= 4 is 6.21 Å². The standard InChI is InChI=1S/C17H26N4O2/c1-5-6-9-19-13(2)17(11-21-14(3)18)23-12-15-16(22-4)8-7-10-20-15/h7-8,10-11,19H,3,5-6,9,12,18H2,1-2,4H3/b17-13-,21-11-. The first-order valence-corrected chi connectivity index (χ1v) is 7.62. The minimum Gasteiger partial charge on any atom is -0.495 e. The summed E-state index contributed by atoms with van der Waals surface area (Å²) in [7, 11) is 1.61. The van der Waals surface area contributed by atoms with Gasteiger partial charge in [-0.05, 0) is 25.5 Å². The molecule has 1 aromatic rings. The van der Waals surface area contributed by atoms with Crippen LogP contribution < -0.4 is 15.8 Å². The number of ether oxygens (including phenoxy) is 2. The van der Waals surface area contributed by atoms with Gasteiger partial charge in [-0.15, -0.1) is 0 Å². The van der Waals surface area contributed by atoms with Crippen molar-refractivity contribution in [1.29, 1.82) is 0 Å². The number of hydrogen-bond donors (Lipinski definition) is 2. The average molecular weight is 318 g/mol. The lowest BCUT2D eigenvalue weighted by molar-refractivity contribution is 0.206. The predicted molar refractivity (Wildman–Crippen MR) is 93.0 cm³/mol. The molecule has 126 valence electrons. The second kappa shape index (κ2) is 10.3. The van der Waals surface area contributed by atoms with Gasteiger partial charge in [0.2, 0.25) is 0 Å². The van der Waals surface area contributed by atoms with Crippen LogP contribution in [-0.2, 0) is 11.3 Å². The van der Waals surface area contributed by atoms with Crippen molar-refractivity contribution in [1.82, 2.24) is 10.3 Å². The first kappa shape index (κ1) is 18.5. The average Bonchev–Trinajstić information content (AvgIpc) is 2.55. The van der Waals surface area contributed by atoms with E-state index < -0.39 is 0 Å². The number of methoxy groups -OCH3 is 1. The molecule has 6 nitrogen and oxygen atoms in total. The Morgan fingerprint density at radius 1 is 1.52 bits per heavy atom. The number of nitrogens with zero attached hydrogens (tertiary/aromatic N) is 2. The molecule has 1 heterocycles. The van der Waals surface area contributed by atoms with E-state index >= 15 is 0 Å². The summed E-state index contributed by atoms with van der Waals surface area (Å²) in [5.41, 5.74) is 7.10. The van der Waals surface area contributed by atoms with Crippen molar-refractivity contribution in [2.24, 2.45) is 10.7 Å². The number of rotatable bonds is 10. The van der Waals surface area contributed by atoms with Crippen LogP contribution in [0.2, 0.25) is 0 Å². The third-order valence-electron chi connectivity index (χ3n) is 3.07. The Morgan fingerprint density at radius 2 is 2.30 bits per heavy atom. The van der Waals surface area contributed by atoms with Crippen molar-refractivity contribution in [3.8, 4) is 5.75 Å². The van der Waals surface area contributed by atoms with E-state index in [1.165, 1.54) is 0 Å².